The maximum atomic E-state index is 6.41. The molecular weight excluding hydrogens is 1360 g/mol. The van der Waals surface area contributed by atoms with Gasteiger partial charge in [-0.15, -0.1) is 0 Å². The average molecular weight is 1420 g/mol. The smallest absolute Gasteiger partial charge is 0.159 e. The molecule has 17 aromatic carbocycles. The third-order valence-electron chi connectivity index (χ3n) is 22.8. The summed E-state index contributed by atoms with van der Waals surface area (Å²) in [5.41, 5.74) is 25.9. The first kappa shape index (κ1) is 61.1. The maximum Gasteiger partial charge on any atom is 0.159 e. The van der Waals surface area contributed by atoms with Crippen LogP contribution in [0.5, 0.6) is 0 Å². The number of furan rings is 6. The Bertz CT molecular complexity index is 8340. The lowest BCUT2D eigenvalue weighted by atomic mass is 10.0. The number of aromatic nitrogens is 3. The van der Waals surface area contributed by atoms with Crippen LogP contribution in [0.15, 0.2) is 384 Å². The second-order valence-corrected chi connectivity index (χ2v) is 28.9. The highest BCUT2D eigenvalue weighted by molar-refractivity contribution is 6.21. The summed E-state index contributed by atoms with van der Waals surface area (Å²) >= 11 is 0. The van der Waals surface area contributed by atoms with Crippen LogP contribution < -0.4 is 0 Å². The normalized spacial score (nSPS) is 12.1. The standard InChI is InChI=1S/2C36H21NO2.C30H17NO2/c1-4-13-31-25(8-1)29-21-35-30(27-10-3-5-14-33(27)38-35)20-32(29)37(31)23-18-16-22(17-19-23)24-11-7-12-28-26-9-2-6-15-34(26)39-36(24)28;1-4-10-31-25(7-1)28-21-36-30(27-9-3-6-12-34(27)39-36)20-32(28)37(31)24-16-13-22(14-17-24)23-15-18-35-29(19-23)26-8-2-5-11-33(26)38-35;1-4-12-24-18(8-1)22-17-29-23(20-10-3-5-14-27(20)32-29)16-26(22)31(24)25-13-7-11-21-19-9-2-6-15-28(19)33-30(21)25/h2*1-21H;1-17H. The molecular formula is C102H59N3O6. The third kappa shape index (κ3) is 9.30. The zero-order valence-electron chi connectivity index (χ0n) is 59.4. The van der Waals surface area contributed by atoms with Crippen molar-refractivity contribution in [2.75, 3.05) is 0 Å². The molecule has 0 saturated carbocycles. The van der Waals surface area contributed by atoms with Crippen molar-refractivity contribution in [3.05, 3.63) is 358 Å². The van der Waals surface area contributed by atoms with Crippen LogP contribution in [0.3, 0.4) is 0 Å². The van der Waals surface area contributed by atoms with Crippen molar-refractivity contribution in [3.63, 3.8) is 0 Å². The molecule has 9 heterocycles. The molecule has 0 unspecified atom stereocenters. The van der Waals surface area contributed by atoms with E-state index in [2.05, 4.69) is 299 Å². The summed E-state index contributed by atoms with van der Waals surface area (Å²) in [5, 5.41) is 20.8. The summed E-state index contributed by atoms with van der Waals surface area (Å²) in [6, 6.07) is 125. The van der Waals surface area contributed by atoms with Crippen molar-refractivity contribution in [2.45, 2.75) is 0 Å². The van der Waals surface area contributed by atoms with E-state index in [1.807, 2.05) is 72.8 Å². The molecule has 0 spiro atoms. The van der Waals surface area contributed by atoms with Gasteiger partial charge in [0, 0.05) is 114 Å². The van der Waals surface area contributed by atoms with Crippen LogP contribution in [0.1, 0.15) is 0 Å². The van der Waals surface area contributed by atoms with Gasteiger partial charge in [-0.3, -0.25) is 0 Å². The molecule has 0 saturated heterocycles. The Hall–Kier alpha value is -15.1. The van der Waals surface area contributed by atoms with Crippen LogP contribution in [-0.4, -0.2) is 13.7 Å². The molecule has 111 heavy (non-hydrogen) atoms. The molecule has 0 N–H and O–H groups in total. The first-order valence-electron chi connectivity index (χ1n) is 37.5. The Kier molecular flexibility index (Phi) is 13.1. The molecule has 0 amide bonds. The summed E-state index contributed by atoms with van der Waals surface area (Å²) in [7, 11) is 0. The number of benzene rings is 17. The molecule has 0 atom stereocenters. The van der Waals surface area contributed by atoms with Gasteiger partial charge in [0.1, 0.15) is 61.4 Å². The van der Waals surface area contributed by atoms with E-state index in [1.54, 1.807) is 0 Å². The van der Waals surface area contributed by atoms with Crippen molar-refractivity contribution in [2.24, 2.45) is 0 Å². The van der Waals surface area contributed by atoms with Crippen LogP contribution in [0.25, 0.3) is 236 Å². The molecule has 0 aliphatic rings. The van der Waals surface area contributed by atoms with Crippen LogP contribution >= 0.6 is 0 Å². The largest absolute Gasteiger partial charge is 0.456 e. The average Bonchev–Trinajstić information content (AvgIpc) is 1.60. The highest BCUT2D eigenvalue weighted by Gasteiger charge is 2.23. The second kappa shape index (κ2) is 23.7. The van der Waals surface area contributed by atoms with Gasteiger partial charge in [0.25, 0.3) is 0 Å². The molecule has 9 aromatic heterocycles. The predicted octanol–water partition coefficient (Wildman–Crippen LogP) is 29.1. The highest BCUT2D eigenvalue weighted by Crippen LogP contribution is 2.46. The highest BCUT2D eigenvalue weighted by atomic mass is 16.3. The van der Waals surface area contributed by atoms with Crippen LogP contribution in [0, 0.1) is 0 Å². The third-order valence-corrected chi connectivity index (χ3v) is 22.8. The van der Waals surface area contributed by atoms with Gasteiger partial charge in [-0.05, 0) is 150 Å². The van der Waals surface area contributed by atoms with Crippen LogP contribution in [0.4, 0.5) is 0 Å². The first-order valence-corrected chi connectivity index (χ1v) is 37.5. The minimum Gasteiger partial charge on any atom is -0.456 e. The molecule has 518 valence electrons. The Balaban J connectivity index is 0.0000000975. The monoisotopic (exact) mass is 1420 g/mol. The quantitative estimate of drug-likeness (QED) is 0.170. The number of hydrogen-bond acceptors (Lipinski definition) is 6. The fraction of sp³-hybridized carbons (Fsp3) is 0. The van der Waals surface area contributed by atoms with Gasteiger partial charge in [0.15, 0.2) is 5.58 Å². The Labute approximate surface area is 630 Å². The van der Waals surface area contributed by atoms with E-state index in [0.717, 1.165) is 171 Å². The summed E-state index contributed by atoms with van der Waals surface area (Å²) in [4.78, 5) is 0. The van der Waals surface area contributed by atoms with Crippen molar-refractivity contribution in [1.82, 2.24) is 13.7 Å². The predicted molar refractivity (Wildman–Crippen MR) is 457 cm³/mol. The minimum absolute atomic E-state index is 0.901. The molecule has 0 bridgehead atoms. The molecule has 0 fully saturated rings. The molecule has 26 aromatic rings. The van der Waals surface area contributed by atoms with Crippen molar-refractivity contribution in [1.29, 1.82) is 0 Å². The van der Waals surface area contributed by atoms with Crippen LogP contribution in [0.2, 0.25) is 0 Å². The van der Waals surface area contributed by atoms with Gasteiger partial charge in [-0.2, -0.15) is 0 Å². The van der Waals surface area contributed by atoms with Gasteiger partial charge in [-0.1, -0.05) is 224 Å². The Morgan fingerprint density at radius 2 is 0.459 bits per heavy atom. The summed E-state index contributed by atoms with van der Waals surface area (Å²) < 4.78 is 44.5. The fourth-order valence-corrected chi connectivity index (χ4v) is 17.8. The Morgan fingerprint density at radius 1 is 0.153 bits per heavy atom. The van der Waals surface area contributed by atoms with Crippen LogP contribution in [-0.2, 0) is 0 Å². The SMILES string of the molecule is c1ccc2c(c1)oc1cc3c4ccccc4n(-c4ccc(-c5cccc6c5oc5ccccc56)cc4)c3cc12.c1ccc2c(c1)oc1cc3c4ccccc4n(-c4cccc5c4oc4ccccc45)c3cc12.c1ccc2c(c1)oc1ccc(-c3ccc(-n4c5ccccc5c5cc6oc7ccccc7c6cc54)cc3)cc12. The molecule has 0 radical (unpaired) electrons. The lowest BCUT2D eigenvalue weighted by Gasteiger charge is -2.10. The number of para-hydroxylation sites is 11. The van der Waals surface area contributed by atoms with Gasteiger partial charge >= 0.3 is 0 Å². The molecule has 9 nitrogen and oxygen atoms in total. The van der Waals surface area contributed by atoms with E-state index in [4.69, 9.17) is 26.5 Å². The van der Waals surface area contributed by atoms with Gasteiger partial charge < -0.3 is 40.2 Å². The number of fused-ring (bicyclic) bond motifs is 27. The Morgan fingerprint density at radius 3 is 0.910 bits per heavy atom. The maximum absolute atomic E-state index is 6.41. The van der Waals surface area contributed by atoms with E-state index in [-0.39, 0.29) is 0 Å². The molecule has 0 aliphatic heterocycles. The molecule has 26 rings (SSSR count). The van der Waals surface area contributed by atoms with Gasteiger partial charge in [-0.25, -0.2) is 0 Å². The lowest BCUT2D eigenvalue weighted by Crippen LogP contribution is -1.94. The summed E-state index contributed by atoms with van der Waals surface area (Å²) in [6.07, 6.45) is 0. The van der Waals surface area contributed by atoms with E-state index in [1.165, 1.54) is 65.5 Å². The lowest BCUT2D eigenvalue weighted by molar-refractivity contribution is 0.666. The van der Waals surface area contributed by atoms with Gasteiger partial charge in [0.2, 0.25) is 0 Å². The zero-order chi connectivity index (χ0) is 72.5. The second-order valence-electron chi connectivity index (χ2n) is 28.9. The minimum atomic E-state index is 0.901. The molecule has 0 aliphatic carbocycles. The number of hydrogen-bond donors (Lipinski definition) is 0. The topological polar surface area (TPSA) is 93.6 Å². The zero-order valence-corrected chi connectivity index (χ0v) is 59.4. The fourth-order valence-electron chi connectivity index (χ4n) is 17.8. The van der Waals surface area contributed by atoms with E-state index < -0.39 is 0 Å². The summed E-state index contributed by atoms with van der Waals surface area (Å²) in [5.74, 6) is 0. The number of rotatable bonds is 5. The number of nitrogens with zero attached hydrogens (tertiary/aromatic N) is 3. The van der Waals surface area contributed by atoms with E-state index in [9.17, 15) is 0 Å². The van der Waals surface area contributed by atoms with E-state index >= 15 is 0 Å². The van der Waals surface area contributed by atoms with E-state index in [0.29, 0.717) is 0 Å². The van der Waals surface area contributed by atoms with Gasteiger partial charge in [0.05, 0.1) is 38.8 Å². The van der Waals surface area contributed by atoms with Crippen molar-refractivity contribution < 1.29 is 26.5 Å². The first-order chi connectivity index (χ1) is 55.0. The van der Waals surface area contributed by atoms with Crippen molar-refractivity contribution in [3.8, 4) is 39.3 Å². The van der Waals surface area contributed by atoms with Crippen molar-refractivity contribution >= 4 is 197 Å². The summed E-state index contributed by atoms with van der Waals surface area (Å²) in [6.45, 7) is 0. The molecule has 9 heteroatoms.